The number of hydrogen-bond donors (Lipinski definition) is 0. The van der Waals surface area contributed by atoms with Crippen molar-refractivity contribution in [1.82, 2.24) is 14.9 Å². The molecule has 2 aromatic carbocycles. The number of benzene rings is 2. The van der Waals surface area contributed by atoms with E-state index < -0.39 is 0 Å². The van der Waals surface area contributed by atoms with Crippen molar-refractivity contribution in [2.75, 3.05) is 13.1 Å². The molecule has 0 radical (unpaired) electrons. The standard InChI is InChI=1S/C20H19N3O/c1-14-6-2-3-7-16(14)15-10-11-23(13-15)20(24)19-12-21-17-8-4-5-9-18(17)22-19/h2-9,12,15H,10-11,13H2,1H3/t15-/m1/s1. The summed E-state index contributed by atoms with van der Waals surface area (Å²) in [6.07, 6.45) is 2.59. The van der Waals surface area contributed by atoms with Crippen LogP contribution in [0.15, 0.2) is 54.7 Å². The first-order valence-electron chi connectivity index (χ1n) is 8.29. The van der Waals surface area contributed by atoms with Gasteiger partial charge in [0.1, 0.15) is 5.69 Å². The topological polar surface area (TPSA) is 46.1 Å². The van der Waals surface area contributed by atoms with Gasteiger partial charge in [0.25, 0.3) is 5.91 Å². The first-order chi connectivity index (χ1) is 11.7. The predicted octanol–water partition coefficient (Wildman–Crippen LogP) is 3.57. The number of aryl methyl sites for hydroxylation is 1. The Morgan fingerprint density at radius 1 is 1.08 bits per heavy atom. The lowest BCUT2D eigenvalue weighted by atomic mass is 9.94. The van der Waals surface area contributed by atoms with Crippen molar-refractivity contribution >= 4 is 16.9 Å². The molecular formula is C20H19N3O. The number of hydrogen-bond acceptors (Lipinski definition) is 3. The number of carbonyl (C=O) groups is 1. The van der Waals surface area contributed by atoms with Gasteiger partial charge in [0.15, 0.2) is 0 Å². The van der Waals surface area contributed by atoms with Gasteiger partial charge in [-0.3, -0.25) is 9.78 Å². The minimum absolute atomic E-state index is 0.0238. The van der Waals surface area contributed by atoms with Crippen LogP contribution in [-0.2, 0) is 0 Å². The van der Waals surface area contributed by atoms with E-state index in [0.29, 0.717) is 11.6 Å². The number of para-hydroxylation sites is 2. The van der Waals surface area contributed by atoms with Crippen LogP contribution in [0.3, 0.4) is 0 Å². The SMILES string of the molecule is Cc1ccccc1[C@@H]1CCN(C(=O)c2cnc3ccccc3n2)C1. The number of likely N-dealkylation sites (tertiary alicyclic amines) is 1. The van der Waals surface area contributed by atoms with Gasteiger partial charge < -0.3 is 4.90 Å². The molecule has 1 fully saturated rings. The zero-order valence-corrected chi connectivity index (χ0v) is 13.6. The number of rotatable bonds is 2. The number of amides is 1. The van der Waals surface area contributed by atoms with Crippen molar-refractivity contribution in [1.29, 1.82) is 0 Å². The highest BCUT2D eigenvalue weighted by molar-refractivity contribution is 5.94. The maximum absolute atomic E-state index is 12.8. The molecule has 1 aliphatic heterocycles. The van der Waals surface area contributed by atoms with Gasteiger partial charge in [-0.25, -0.2) is 4.98 Å². The lowest BCUT2D eigenvalue weighted by Crippen LogP contribution is -2.29. The fourth-order valence-electron chi connectivity index (χ4n) is 3.47. The summed E-state index contributed by atoms with van der Waals surface area (Å²) in [6.45, 7) is 3.65. The second-order valence-electron chi connectivity index (χ2n) is 6.34. The Morgan fingerprint density at radius 2 is 1.83 bits per heavy atom. The summed E-state index contributed by atoms with van der Waals surface area (Å²) in [5, 5.41) is 0. The normalized spacial score (nSPS) is 17.4. The van der Waals surface area contributed by atoms with Crippen LogP contribution in [0.4, 0.5) is 0 Å². The molecule has 24 heavy (non-hydrogen) atoms. The molecule has 120 valence electrons. The second-order valence-corrected chi connectivity index (χ2v) is 6.34. The van der Waals surface area contributed by atoms with E-state index in [0.717, 1.165) is 30.5 Å². The lowest BCUT2D eigenvalue weighted by molar-refractivity contribution is 0.0785. The van der Waals surface area contributed by atoms with Gasteiger partial charge in [-0.15, -0.1) is 0 Å². The quantitative estimate of drug-likeness (QED) is 0.726. The van der Waals surface area contributed by atoms with Crippen LogP contribution in [0.5, 0.6) is 0 Å². The molecule has 0 saturated carbocycles. The zero-order chi connectivity index (χ0) is 16.5. The minimum Gasteiger partial charge on any atom is -0.337 e. The first kappa shape index (κ1) is 14.8. The highest BCUT2D eigenvalue weighted by Gasteiger charge is 2.29. The molecular weight excluding hydrogens is 298 g/mol. The molecule has 2 heterocycles. The van der Waals surface area contributed by atoms with E-state index in [4.69, 9.17) is 0 Å². The van der Waals surface area contributed by atoms with Gasteiger partial charge in [0, 0.05) is 19.0 Å². The summed E-state index contributed by atoms with van der Waals surface area (Å²) in [5.74, 6) is 0.382. The predicted molar refractivity (Wildman–Crippen MR) is 94.0 cm³/mol. The molecule has 4 heteroatoms. The van der Waals surface area contributed by atoms with Crippen molar-refractivity contribution in [3.8, 4) is 0 Å². The second kappa shape index (κ2) is 6.04. The third-order valence-electron chi connectivity index (χ3n) is 4.77. The molecule has 1 amide bonds. The van der Waals surface area contributed by atoms with Gasteiger partial charge in [-0.05, 0) is 36.6 Å². The molecule has 4 rings (SSSR count). The van der Waals surface area contributed by atoms with E-state index in [1.54, 1.807) is 6.20 Å². The molecule has 4 nitrogen and oxygen atoms in total. The van der Waals surface area contributed by atoms with Crippen molar-refractivity contribution in [3.63, 3.8) is 0 Å². The third kappa shape index (κ3) is 2.64. The van der Waals surface area contributed by atoms with E-state index in [2.05, 4.69) is 41.2 Å². The van der Waals surface area contributed by atoms with Crippen molar-refractivity contribution in [2.45, 2.75) is 19.3 Å². The van der Waals surface area contributed by atoms with Gasteiger partial charge in [0.2, 0.25) is 0 Å². The number of carbonyl (C=O) groups excluding carboxylic acids is 1. The molecule has 0 aliphatic carbocycles. The van der Waals surface area contributed by atoms with E-state index in [-0.39, 0.29) is 5.91 Å². The minimum atomic E-state index is -0.0238. The summed E-state index contributed by atoms with van der Waals surface area (Å²) in [6, 6.07) is 16.1. The van der Waals surface area contributed by atoms with Crippen LogP contribution in [0.1, 0.15) is 34.0 Å². The van der Waals surface area contributed by atoms with Crippen molar-refractivity contribution < 1.29 is 4.79 Å². The summed E-state index contributed by atoms with van der Waals surface area (Å²) >= 11 is 0. The summed E-state index contributed by atoms with van der Waals surface area (Å²) in [4.78, 5) is 23.5. The number of aromatic nitrogens is 2. The first-order valence-corrected chi connectivity index (χ1v) is 8.29. The Morgan fingerprint density at radius 3 is 2.67 bits per heavy atom. The van der Waals surface area contributed by atoms with E-state index in [1.807, 2.05) is 29.2 Å². The van der Waals surface area contributed by atoms with Crippen LogP contribution in [-0.4, -0.2) is 33.9 Å². The highest BCUT2D eigenvalue weighted by atomic mass is 16.2. The molecule has 0 N–H and O–H groups in total. The molecule has 3 aromatic rings. The number of fused-ring (bicyclic) bond motifs is 1. The smallest absolute Gasteiger partial charge is 0.274 e. The molecule has 1 saturated heterocycles. The maximum atomic E-state index is 12.8. The van der Waals surface area contributed by atoms with Crippen molar-refractivity contribution in [2.24, 2.45) is 0 Å². The third-order valence-corrected chi connectivity index (χ3v) is 4.77. The fourth-order valence-corrected chi connectivity index (χ4v) is 3.47. The maximum Gasteiger partial charge on any atom is 0.274 e. The molecule has 1 aliphatic rings. The molecule has 0 bridgehead atoms. The van der Waals surface area contributed by atoms with Crippen LogP contribution >= 0.6 is 0 Å². The molecule has 1 atom stereocenters. The Bertz CT molecular complexity index is 906. The van der Waals surface area contributed by atoms with Gasteiger partial charge >= 0.3 is 0 Å². The van der Waals surface area contributed by atoms with Crippen LogP contribution in [0, 0.1) is 6.92 Å². The fraction of sp³-hybridized carbons (Fsp3) is 0.250. The van der Waals surface area contributed by atoms with E-state index in [9.17, 15) is 4.79 Å². The largest absolute Gasteiger partial charge is 0.337 e. The van der Waals surface area contributed by atoms with Gasteiger partial charge in [-0.2, -0.15) is 0 Å². The number of nitrogens with zero attached hydrogens (tertiary/aromatic N) is 3. The zero-order valence-electron chi connectivity index (χ0n) is 13.6. The summed E-state index contributed by atoms with van der Waals surface area (Å²) < 4.78 is 0. The van der Waals surface area contributed by atoms with E-state index in [1.165, 1.54) is 11.1 Å². The van der Waals surface area contributed by atoms with Crippen LogP contribution in [0.25, 0.3) is 11.0 Å². The highest BCUT2D eigenvalue weighted by Crippen LogP contribution is 2.30. The summed E-state index contributed by atoms with van der Waals surface area (Å²) in [7, 11) is 0. The lowest BCUT2D eigenvalue weighted by Gasteiger charge is -2.17. The van der Waals surface area contributed by atoms with Gasteiger partial charge in [-0.1, -0.05) is 36.4 Å². The van der Waals surface area contributed by atoms with Crippen LogP contribution in [0.2, 0.25) is 0 Å². The van der Waals surface area contributed by atoms with Crippen LogP contribution < -0.4 is 0 Å². The van der Waals surface area contributed by atoms with Gasteiger partial charge in [0.05, 0.1) is 17.2 Å². The van der Waals surface area contributed by atoms with E-state index >= 15 is 0 Å². The molecule has 1 aromatic heterocycles. The van der Waals surface area contributed by atoms with Crippen molar-refractivity contribution in [3.05, 3.63) is 71.5 Å². The average molecular weight is 317 g/mol. The molecule has 0 spiro atoms. The Balaban J connectivity index is 1.55. The molecule has 0 unspecified atom stereocenters. The average Bonchev–Trinajstić information content (AvgIpc) is 3.11. The summed E-state index contributed by atoms with van der Waals surface area (Å²) in [5.41, 5.74) is 4.64. The Kier molecular flexibility index (Phi) is 3.73. The monoisotopic (exact) mass is 317 g/mol. The Labute approximate surface area is 141 Å². The Hall–Kier alpha value is -2.75.